The van der Waals surface area contributed by atoms with Gasteiger partial charge in [-0.25, -0.2) is 0 Å². The maximum Gasteiger partial charge on any atom is 0.270 e. The van der Waals surface area contributed by atoms with Gasteiger partial charge in [0.25, 0.3) is 11.6 Å². The van der Waals surface area contributed by atoms with E-state index in [1.54, 1.807) is 13.0 Å². The van der Waals surface area contributed by atoms with Crippen molar-refractivity contribution < 1.29 is 9.72 Å². The quantitative estimate of drug-likeness (QED) is 0.519. The highest BCUT2D eigenvalue weighted by atomic mass is 79.9. The van der Waals surface area contributed by atoms with E-state index in [0.29, 0.717) is 11.5 Å². The van der Waals surface area contributed by atoms with Crippen LogP contribution in [0.1, 0.15) is 35.2 Å². The van der Waals surface area contributed by atoms with Crippen molar-refractivity contribution in [1.82, 2.24) is 5.32 Å². The number of rotatable bonds is 4. The third-order valence-corrected chi connectivity index (χ3v) is 4.68. The van der Waals surface area contributed by atoms with Crippen LogP contribution in [0, 0.1) is 23.0 Å². The second kappa shape index (κ2) is 6.35. The van der Waals surface area contributed by atoms with Crippen molar-refractivity contribution in [3.8, 4) is 0 Å². The molecule has 108 valence electrons. The first-order valence-corrected chi connectivity index (χ1v) is 7.77. The number of alkyl halides is 1. The Morgan fingerprint density at radius 3 is 2.90 bits per heavy atom. The minimum atomic E-state index is -0.479. The van der Waals surface area contributed by atoms with Gasteiger partial charge in [0.05, 0.1) is 4.92 Å². The number of benzene rings is 1. The number of halogens is 1. The first-order valence-electron chi connectivity index (χ1n) is 6.64. The lowest BCUT2D eigenvalue weighted by atomic mass is 10.0. The van der Waals surface area contributed by atoms with Gasteiger partial charge in [-0.2, -0.15) is 0 Å². The second-order valence-electron chi connectivity index (χ2n) is 5.18. The predicted molar refractivity (Wildman–Crippen MR) is 80.2 cm³/mol. The highest BCUT2D eigenvalue weighted by molar-refractivity contribution is 9.09. The normalized spacial score (nSPS) is 21.7. The number of nitro benzene ring substituents is 1. The van der Waals surface area contributed by atoms with Crippen molar-refractivity contribution in [1.29, 1.82) is 0 Å². The van der Waals surface area contributed by atoms with Gasteiger partial charge in [0.2, 0.25) is 0 Å². The van der Waals surface area contributed by atoms with Crippen LogP contribution < -0.4 is 5.32 Å². The van der Waals surface area contributed by atoms with Gasteiger partial charge in [0.15, 0.2) is 0 Å². The number of amides is 1. The van der Waals surface area contributed by atoms with Gasteiger partial charge >= 0.3 is 0 Å². The number of non-ortho nitro benzene ring substituents is 1. The molecule has 1 amide bonds. The van der Waals surface area contributed by atoms with E-state index < -0.39 is 4.92 Å². The van der Waals surface area contributed by atoms with E-state index in [9.17, 15) is 14.9 Å². The Morgan fingerprint density at radius 1 is 1.50 bits per heavy atom. The van der Waals surface area contributed by atoms with Crippen molar-refractivity contribution in [3.05, 3.63) is 39.4 Å². The smallest absolute Gasteiger partial charge is 0.270 e. The van der Waals surface area contributed by atoms with Crippen LogP contribution in [0.5, 0.6) is 0 Å². The highest BCUT2D eigenvalue weighted by Gasteiger charge is 2.28. The van der Waals surface area contributed by atoms with Crippen molar-refractivity contribution >= 4 is 27.5 Å². The second-order valence-corrected chi connectivity index (χ2v) is 5.83. The molecule has 1 N–H and O–H groups in total. The third kappa shape index (κ3) is 3.17. The summed E-state index contributed by atoms with van der Waals surface area (Å²) >= 11 is 3.47. The molecule has 0 aromatic heterocycles. The van der Waals surface area contributed by atoms with E-state index in [1.807, 2.05) is 0 Å². The van der Waals surface area contributed by atoms with Crippen LogP contribution in [-0.4, -0.2) is 22.2 Å². The summed E-state index contributed by atoms with van der Waals surface area (Å²) in [5, 5.41) is 14.7. The largest absolute Gasteiger partial charge is 0.349 e. The topological polar surface area (TPSA) is 72.2 Å². The van der Waals surface area contributed by atoms with E-state index in [-0.39, 0.29) is 17.6 Å². The maximum atomic E-state index is 12.3. The Kier molecular flexibility index (Phi) is 4.75. The third-order valence-electron chi connectivity index (χ3n) is 3.85. The zero-order valence-corrected chi connectivity index (χ0v) is 12.9. The first kappa shape index (κ1) is 15.0. The van der Waals surface area contributed by atoms with Crippen molar-refractivity contribution in [3.63, 3.8) is 0 Å². The molecule has 1 aliphatic carbocycles. The van der Waals surface area contributed by atoms with Gasteiger partial charge in [0, 0.05) is 29.1 Å². The number of nitrogens with zero attached hydrogens (tertiary/aromatic N) is 1. The number of carbonyl (C=O) groups is 1. The van der Waals surface area contributed by atoms with Crippen LogP contribution in [0.25, 0.3) is 0 Å². The lowest BCUT2D eigenvalue weighted by Crippen LogP contribution is -2.38. The number of carbonyl (C=O) groups excluding carboxylic acids is 1. The molecular weight excluding hydrogens is 324 g/mol. The van der Waals surface area contributed by atoms with Gasteiger partial charge in [-0.15, -0.1) is 0 Å². The summed E-state index contributed by atoms with van der Waals surface area (Å²) in [6.45, 7) is 1.79. The first-order chi connectivity index (χ1) is 9.52. The Labute approximate surface area is 126 Å². The number of aryl methyl sites for hydroxylation is 1. The zero-order valence-electron chi connectivity index (χ0n) is 11.3. The van der Waals surface area contributed by atoms with Crippen molar-refractivity contribution in [2.24, 2.45) is 5.92 Å². The van der Waals surface area contributed by atoms with E-state index in [0.717, 1.165) is 30.2 Å². The van der Waals surface area contributed by atoms with Crippen molar-refractivity contribution in [2.45, 2.75) is 32.2 Å². The summed E-state index contributed by atoms with van der Waals surface area (Å²) in [4.78, 5) is 22.6. The molecule has 1 saturated carbocycles. The van der Waals surface area contributed by atoms with Gasteiger partial charge in [0.1, 0.15) is 0 Å². The lowest BCUT2D eigenvalue weighted by Gasteiger charge is -2.19. The minimum Gasteiger partial charge on any atom is -0.349 e. The molecule has 2 unspecified atom stereocenters. The predicted octanol–water partition coefficient (Wildman–Crippen LogP) is 3.20. The van der Waals surface area contributed by atoms with Crippen LogP contribution in [0.3, 0.4) is 0 Å². The molecule has 1 aliphatic rings. The summed E-state index contributed by atoms with van der Waals surface area (Å²) in [7, 11) is 0. The summed E-state index contributed by atoms with van der Waals surface area (Å²) in [6.07, 6.45) is 3.18. The van der Waals surface area contributed by atoms with Gasteiger partial charge < -0.3 is 5.32 Å². The minimum absolute atomic E-state index is 0.0517. The zero-order chi connectivity index (χ0) is 14.7. The standard InChI is InChI=1S/C14H17BrN2O3/c1-9-5-6-11(17(19)20)7-12(9)14(18)16-13-4-2-3-10(13)8-15/h5-7,10,13H,2-4,8H2,1H3,(H,16,18). The average Bonchev–Trinajstić information content (AvgIpc) is 2.86. The van der Waals surface area contributed by atoms with E-state index in [2.05, 4.69) is 21.2 Å². The van der Waals surface area contributed by atoms with E-state index >= 15 is 0 Å². The monoisotopic (exact) mass is 340 g/mol. The summed E-state index contributed by atoms with van der Waals surface area (Å²) in [5.41, 5.74) is 1.09. The van der Waals surface area contributed by atoms with E-state index in [1.165, 1.54) is 12.1 Å². The molecule has 1 fully saturated rings. The summed E-state index contributed by atoms with van der Waals surface area (Å²) in [5.74, 6) is 0.224. The number of nitrogens with one attached hydrogen (secondary N) is 1. The van der Waals surface area contributed by atoms with Crippen LogP contribution in [0.2, 0.25) is 0 Å². The molecule has 20 heavy (non-hydrogen) atoms. The molecule has 0 bridgehead atoms. The Hall–Kier alpha value is -1.43. The summed E-state index contributed by atoms with van der Waals surface area (Å²) < 4.78 is 0. The van der Waals surface area contributed by atoms with Gasteiger partial charge in [-0.3, -0.25) is 14.9 Å². The molecule has 1 aromatic rings. The van der Waals surface area contributed by atoms with Crippen LogP contribution >= 0.6 is 15.9 Å². The average molecular weight is 341 g/mol. The molecule has 1 aromatic carbocycles. The molecule has 0 spiro atoms. The van der Waals surface area contributed by atoms with E-state index in [4.69, 9.17) is 0 Å². The number of nitro groups is 1. The van der Waals surface area contributed by atoms with Crippen LogP contribution in [-0.2, 0) is 0 Å². The SMILES string of the molecule is Cc1ccc([N+](=O)[O-])cc1C(=O)NC1CCCC1CBr. The summed E-state index contributed by atoms with van der Waals surface area (Å²) in [6, 6.07) is 4.54. The fourth-order valence-corrected chi connectivity index (χ4v) is 3.40. The molecule has 0 saturated heterocycles. The maximum absolute atomic E-state index is 12.3. The van der Waals surface area contributed by atoms with Crippen LogP contribution in [0.15, 0.2) is 18.2 Å². The molecule has 0 radical (unpaired) electrons. The van der Waals surface area contributed by atoms with Crippen molar-refractivity contribution in [2.75, 3.05) is 5.33 Å². The molecular formula is C14H17BrN2O3. The Morgan fingerprint density at radius 2 is 2.25 bits per heavy atom. The lowest BCUT2D eigenvalue weighted by molar-refractivity contribution is -0.384. The molecule has 0 aliphatic heterocycles. The number of hydrogen-bond donors (Lipinski definition) is 1. The highest BCUT2D eigenvalue weighted by Crippen LogP contribution is 2.27. The fourth-order valence-electron chi connectivity index (χ4n) is 2.63. The van der Waals surface area contributed by atoms with Gasteiger partial charge in [-0.1, -0.05) is 28.4 Å². The molecule has 0 heterocycles. The van der Waals surface area contributed by atoms with Crippen LogP contribution in [0.4, 0.5) is 5.69 Å². The molecule has 2 atom stereocenters. The molecule has 6 heteroatoms. The van der Waals surface area contributed by atoms with Gasteiger partial charge in [-0.05, 0) is 31.2 Å². The fraction of sp³-hybridized carbons (Fsp3) is 0.500. The Bertz CT molecular complexity index is 533. The molecule has 5 nitrogen and oxygen atoms in total. The molecule has 2 rings (SSSR count). The number of hydrogen-bond acceptors (Lipinski definition) is 3. The Balaban J connectivity index is 2.16.